The second-order valence-corrected chi connectivity index (χ2v) is 5.29. The molecule has 1 fully saturated rings. The van der Waals surface area contributed by atoms with Gasteiger partial charge in [0.1, 0.15) is 5.25 Å². The highest BCUT2D eigenvalue weighted by Gasteiger charge is 2.33. The fourth-order valence-corrected chi connectivity index (χ4v) is 2.76. The van der Waals surface area contributed by atoms with Gasteiger partial charge in [0, 0.05) is 26.2 Å². The summed E-state index contributed by atoms with van der Waals surface area (Å²) in [6, 6.07) is 9.21. The summed E-state index contributed by atoms with van der Waals surface area (Å²) in [5.41, 5.74) is 0.731. The molecule has 1 N–H and O–H groups in total. The maximum Gasteiger partial charge on any atom is 0.238 e. The van der Waals surface area contributed by atoms with Gasteiger partial charge in [-0.25, -0.2) is 0 Å². The van der Waals surface area contributed by atoms with E-state index < -0.39 is 5.25 Å². The van der Waals surface area contributed by atoms with Crippen LogP contribution in [0.2, 0.25) is 0 Å². The summed E-state index contributed by atoms with van der Waals surface area (Å²) in [7, 11) is 3.28. The van der Waals surface area contributed by atoms with E-state index >= 15 is 0 Å². The van der Waals surface area contributed by atoms with Crippen molar-refractivity contribution in [2.75, 3.05) is 19.4 Å². The molecule has 1 aliphatic heterocycles. The number of nitrogens with one attached hydrogen (secondary N) is 1. The Morgan fingerprint density at radius 2 is 2.11 bits per heavy atom. The van der Waals surface area contributed by atoms with Crippen molar-refractivity contribution in [3.63, 3.8) is 0 Å². The van der Waals surface area contributed by atoms with E-state index in [1.807, 2.05) is 30.3 Å². The van der Waals surface area contributed by atoms with Crippen LogP contribution in [-0.2, 0) is 9.59 Å². The van der Waals surface area contributed by atoms with Crippen LogP contribution in [0.1, 0.15) is 6.42 Å². The standard InChI is InChI=1S/C13H15N3O2S/c1-14-13-16(2)11(17)8-10(19-13)12(18)15-9-6-4-3-5-7-9/h3-7,10H,8H2,1-2H3,(H,15,18). The van der Waals surface area contributed by atoms with Crippen molar-refractivity contribution in [3.05, 3.63) is 30.3 Å². The summed E-state index contributed by atoms with van der Waals surface area (Å²) in [6.45, 7) is 0. The third-order valence-corrected chi connectivity index (χ3v) is 4.13. The fourth-order valence-electron chi connectivity index (χ4n) is 1.74. The van der Waals surface area contributed by atoms with Gasteiger partial charge in [-0.2, -0.15) is 0 Å². The number of benzene rings is 1. The Balaban J connectivity index is 2.06. The smallest absolute Gasteiger partial charge is 0.238 e. The number of rotatable bonds is 2. The minimum Gasteiger partial charge on any atom is -0.325 e. The predicted octanol–water partition coefficient (Wildman–Crippen LogP) is 1.57. The molecule has 1 aliphatic rings. The summed E-state index contributed by atoms with van der Waals surface area (Å²) in [4.78, 5) is 29.4. The Morgan fingerprint density at radius 3 is 2.74 bits per heavy atom. The van der Waals surface area contributed by atoms with E-state index in [9.17, 15) is 9.59 Å². The van der Waals surface area contributed by atoms with Crippen molar-refractivity contribution in [1.29, 1.82) is 0 Å². The van der Waals surface area contributed by atoms with Crippen LogP contribution in [0.25, 0.3) is 0 Å². The number of carbonyl (C=O) groups is 2. The van der Waals surface area contributed by atoms with Gasteiger partial charge in [-0.1, -0.05) is 30.0 Å². The molecule has 5 nitrogen and oxygen atoms in total. The average molecular weight is 277 g/mol. The molecule has 0 spiro atoms. The van der Waals surface area contributed by atoms with Gasteiger partial charge in [0.2, 0.25) is 11.8 Å². The van der Waals surface area contributed by atoms with Crippen LogP contribution in [0.15, 0.2) is 35.3 Å². The first-order valence-electron chi connectivity index (χ1n) is 5.87. The number of anilines is 1. The fraction of sp³-hybridized carbons (Fsp3) is 0.308. The van der Waals surface area contributed by atoms with Crippen LogP contribution >= 0.6 is 11.8 Å². The summed E-state index contributed by atoms with van der Waals surface area (Å²) < 4.78 is 0. The lowest BCUT2D eigenvalue weighted by atomic mass is 10.2. The normalized spacial score (nSPS) is 21.6. The highest BCUT2D eigenvalue weighted by atomic mass is 32.2. The first-order valence-corrected chi connectivity index (χ1v) is 6.75. The summed E-state index contributed by atoms with van der Waals surface area (Å²) in [6.07, 6.45) is 0.193. The zero-order valence-corrected chi connectivity index (χ0v) is 11.6. The lowest BCUT2D eigenvalue weighted by Crippen LogP contribution is -2.43. The van der Waals surface area contributed by atoms with Crippen molar-refractivity contribution in [3.8, 4) is 0 Å². The molecule has 0 aromatic heterocycles. The number of para-hydroxylation sites is 1. The molecule has 2 amide bonds. The van der Waals surface area contributed by atoms with Crippen LogP contribution < -0.4 is 5.32 Å². The zero-order chi connectivity index (χ0) is 13.8. The average Bonchev–Trinajstić information content (AvgIpc) is 2.42. The molecule has 6 heteroatoms. The third-order valence-electron chi connectivity index (χ3n) is 2.79. The van der Waals surface area contributed by atoms with Crippen molar-refractivity contribution >= 4 is 34.4 Å². The molecule has 100 valence electrons. The predicted molar refractivity (Wildman–Crippen MR) is 77.2 cm³/mol. The van der Waals surface area contributed by atoms with Crippen molar-refractivity contribution in [2.45, 2.75) is 11.7 Å². The molecule has 0 saturated carbocycles. The second kappa shape index (κ2) is 5.88. The molecule has 1 aromatic carbocycles. The van der Waals surface area contributed by atoms with E-state index in [1.54, 1.807) is 14.1 Å². The number of carbonyl (C=O) groups excluding carboxylic acids is 2. The van der Waals surface area contributed by atoms with Crippen LogP contribution in [0.5, 0.6) is 0 Å². The van der Waals surface area contributed by atoms with Crippen LogP contribution in [0, 0.1) is 0 Å². The molecular formula is C13H15N3O2S. The number of thioether (sulfide) groups is 1. The van der Waals surface area contributed by atoms with Crippen LogP contribution in [-0.4, -0.2) is 41.2 Å². The number of aliphatic imine (C=N–C) groups is 1. The highest BCUT2D eigenvalue weighted by molar-refractivity contribution is 8.15. The van der Waals surface area contributed by atoms with E-state index in [1.165, 1.54) is 16.7 Å². The second-order valence-electron chi connectivity index (χ2n) is 4.12. The molecular weight excluding hydrogens is 262 g/mol. The number of hydrogen-bond donors (Lipinski definition) is 1. The minimum atomic E-state index is -0.428. The monoisotopic (exact) mass is 277 g/mol. The molecule has 19 heavy (non-hydrogen) atoms. The van der Waals surface area contributed by atoms with Crippen LogP contribution in [0.3, 0.4) is 0 Å². The molecule has 1 unspecified atom stereocenters. The third kappa shape index (κ3) is 3.14. The Morgan fingerprint density at radius 1 is 1.42 bits per heavy atom. The Kier molecular flexibility index (Phi) is 4.21. The van der Waals surface area contributed by atoms with Crippen molar-refractivity contribution < 1.29 is 9.59 Å². The maximum atomic E-state index is 12.1. The minimum absolute atomic E-state index is 0.0902. The highest BCUT2D eigenvalue weighted by Crippen LogP contribution is 2.26. The Bertz CT molecular complexity index is 516. The quantitative estimate of drug-likeness (QED) is 0.892. The molecule has 1 aromatic rings. The van der Waals surface area contributed by atoms with Gasteiger partial charge in [0.15, 0.2) is 5.17 Å². The van der Waals surface area contributed by atoms with E-state index in [-0.39, 0.29) is 18.2 Å². The molecule has 1 atom stereocenters. The van der Waals surface area contributed by atoms with E-state index in [4.69, 9.17) is 0 Å². The largest absolute Gasteiger partial charge is 0.325 e. The Hall–Kier alpha value is -1.82. The van der Waals surface area contributed by atoms with Gasteiger partial charge in [0.25, 0.3) is 0 Å². The SMILES string of the molecule is CN=C1SC(C(=O)Nc2ccccc2)CC(=O)N1C. The lowest BCUT2D eigenvalue weighted by molar-refractivity contribution is -0.128. The first-order chi connectivity index (χ1) is 9.11. The number of amides is 2. The van der Waals surface area contributed by atoms with Crippen molar-refractivity contribution in [1.82, 2.24) is 4.90 Å². The molecule has 2 rings (SSSR count). The molecule has 1 heterocycles. The summed E-state index contributed by atoms with van der Waals surface area (Å²) in [5, 5.41) is 2.95. The van der Waals surface area contributed by atoms with Gasteiger partial charge < -0.3 is 5.32 Å². The maximum absolute atomic E-state index is 12.1. The van der Waals surface area contributed by atoms with Gasteiger partial charge in [-0.05, 0) is 12.1 Å². The first kappa shape index (κ1) is 13.6. The van der Waals surface area contributed by atoms with Gasteiger partial charge in [0.05, 0.1) is 0 Å². The zero-order valence-electron chi connectivity index (χ0n) is 10.8. The number of nitrogens with zero attached hydrogens (tertiary/aromatic N) is 2. The summed E-state index contributed by atoms with van der Waals surface area (Å²) >= 11 is 1.31. The van der Waals surface area contributed by atoms with E-state index in [0.717, 1.165) is 5.69 Å². The van der Waals surface area contributed by atoms with Crippen LogP contribution in [0.4, 0.5) is 5.69 Å². The van der Waals surface area contributed by atoms with Gasteiger partial charge >= 0.3 is 0 Å². The molecule has 1 saturated heterocycles. The van der Waals surface area contributed by atoms with E-state index in [2.05, 4.69) is 10.3 Å². The van der Waals surface area contributed by atoms with Gasteiger partial charge in [-0.3, -0.25) is 19.5 Å². The Labute approximate surface area is 116 Å². The molecule has 0 aliphatic carbocycles. The molecule has 0 bridgehead atoms. The van der Waals surface area contributed by atoms with Gasteiger partial charge in [-0.15, -0.1) is 0 Å². The number of hydrogen-bond acceptors (Lipinski definition) is 4. The van der Waals surface area contributed by atoms with Crippen molar-refractivity contribution in [2.24, 2.45) is 4.99 Å². The number of amidine groups is 1. The summed E-state index contributed by atoms with van der Waals surface area (Å²) in [5.74, 6) is -0.258. The lowest BCUT2D eigenvalue weighted by Gasteiger charge is -2.28. The molecule has 0 radical (unpaired) electrons. The topological polar surface area (TPSA) is 61.8 Å². The van der Waals surface area contributed by atoms with E-state index in [0.29, 0.717) is 5.17 Å².